The molecule has 0 unspecified atom stereocenters. The lowest BCUT2D eigenvalue weighted by Gasteiger charge is -2.04. The van der Waals surface area contributed by atoms with Gasteiger partial charge in [-0.25, -0.2) is 4.79 Å². The lowest BCUT2D eigenvalue weighted by molar-refractivity contribution is 0.0697. The molecule has 0 spiro atoms. The topological polar surface area (TPSA) is 62.5 Å². The quantitative estimate of drug-likeness (QED) is 0.816. The SMILES string of the molecule is CCCCn1cc(CCCO)c2cc(C(=O)O)ccc21. The van der Waals surface area contributed by atoms with E-state index >= 15 is 0 Å². The Bertz CT molecular complexity index is 601. The second-order valence-electron chi connectivity index (χ2n) is 5.07. The molecule has 0 aliphatic rings. The van der Waals surface area contributed by atoms with Crippen LogP contribution in [0.1, 0.15) is 42.1 Å². The van der Waals surface area contributed by atoms with Crippen molar-refractivity contribution in [2.24, 2.45) is 0 Å². The Hall–Kier alpha value is -1.81. The van der Waals surface area contributed by atoms with Crippen LogP contribution in [-0.2, 0) is 13.0 Å². The van der Waals surface area contributed by atoms with E-state index in [0.29, 0.717) is 12.0 Å². The van der Waals surface area contributed by atoms with Gasteiger partial charge in [-0.3, -0.25) is 0 Å². The van der Waals surface area contributed by atoms with Crippen LogP contribution in [-0.4, -0.2) is 27.4 Å². The molecule has 0 amide bonds. The molecule has 1 heterocycles. The van der Waals surface area contributed by atoms with Gasteiger partial charge in [0.05, 0.1) is 5.56 Å². The van der Waals surface area contributed by atoms with E-state index in [1.54, 1.807) is 12.1 Å². The largest absolute Gasteiger partial charge is 0.478 e. The molecule has 2 N–H and O–H groups in total. The van der Waals surface area contributed by atoms with Crippen LogP contribution >= 0.6 is 0 Å². The summed E-state index contributed by atoms with van der Waals surface area (Å²) >= 11 is 0. The smallest absolute Gasteiger partial charge is 0.335 e. The normalized spacial score (nSPS) is 11.1. The van der Waals surface area contributed by atoms with Gasteiger partial charge in [-0.1, -0.05) is 13.3 Å². The first-order chi connectivity index (χ1) is 9.67. The van der Waals surface area contributed by atoms with Crippen LogP contribution in [0.3, 0.4) is 0 Å². The van der Waals surface area contributed by atoms with Crippen LogP contribution in [0.25, 0.3) is 10.9 Å². The number of hydrogen-bond acceptors (Lipinski definition) is 2. The maximum Gasteiger partial charge on any atom is 0.335 e. The Labute approximate surface area is 118 Å². The fourth-order valence-corrected chi connectivity index (χ4v) is 2.49. The summed E-state index contributed by atoms with van der Waals surface area (Å²) in [5.41, 5.74) is 2.51. The zero-order valence-electron chi connectivity index (χ0n) is 11.8. The number of benzene rings is 1. The highest BCUT2D eigenvalue weighted by Crippen LogP contribution is 2.24. The molecule has 0 saturated carbocycles. The molecule has 20 heavy (non-hydrogen) atoms. The van der Waals surface area contributed by atoms with Crippen LogP contribution in [0, 0.1) is 0 Å². The average molecular weight is 275 g/mol. The number of aliphatic hydroxyl groups excluding tert-OH is 1. The minimum Gasteiger partial charge on any atom is -0.478 e. The molecule has 108 valence electrons. The van der Waals surface area contributed by atoms with Gasteiger partial charge in [0, 0.05) is 30.3 Å². The lowest BCUT2D eigenvalue weighted by atomic mass is 10.1. The number of fused-ring (bicyclic) bond motifs is 1. The second kappa shape index (κ2) is 6.57. The summed E-state index contributed by atoms with van der Waals surface area (Å²) in [6.45, 7) is 3.25. The molecule has 0 bridgehead atoms. The molecule has 1 aromatic carbocycles. The van der Waals surface area contributed by atoms with Crippen LogP contribution in [0.15, 0.2) is 24.4 Å². The lowest BCUT2D eigenvalue weighted by Crippen LogP contribution is -1.97. The summed E-state index contributed by atoms with van der Waals surface area (Å²) in [6, 6.07) is 5.28. The van der Waals surface area contributed by atoms with Gasteiger partial charge in [0.2, 0.25) is 0 Å². The Morgan fingerprint density at radius 2 is 2.10 bits per heavy atom. The van der Waals surface area contributed by atoms with Crippen LogP contribution in [0.4, 0.5) is 0 Å². The summed E-state index contributed by atoms with van der Waals surface area (Å²) in [5, 5.41) is 19.1. The second-order valence-corrected chi connectivity index (χ2v) is 5.07. The average Bonchev–Trinajstić information content (AvgIpc) is 2.80. The van der Waals surface area contributed by atoms with E-state index in [0.717, 1.165) is 42.3 Å². The minimum atomic E-state index is -0.902. The van der Waals surface area contributed by atoms with E-state index in [2.05, 4.69) is 17.7 Å². The molecule has 4 nitrogen and oxygen atoms in total. The molecule has 0 aliphatic carbocycles. The number of aromatic carboxylic acids is 1. The van der Waals surface area contributed by atoms with Crippen molar-refractivity contribution in [1.82, 2.24) is 4.57 Å². The van der Waals surface area contributed by atoms with Gasteiger partial charge in [-0.05, 0) is 43.0 Å². The van der Waals surface area contributed by atoms with E-state index in [-0.39, 0.29) is 6.61 Å². The fraction of sp³-hybridized carbons (Fsp3) is 0.438. The summed E-state index contributed by atoms with van der Waals surface area (Å²) in [4.78, 5) is 11.1. The van der Waals surface area contributed by atoms with Gasteiger partial charge >= 0.3 is 5.97 Å². The van der Waals surface area contributed by atoms with Crippen molar-refractivity contribution in [2.45, 2.75) is 39.2 Å². The van der Waals surface area contributed by atoms with E-state index in [1.165, 1.54) is 0 Å². The molecule has 0 saturated heterocycles. The van der Waals surface area contributed by atoms with Gasteiger partial charge < -0.3 is 14.8 Å². The minimum absolute atomic E-state index is 0.153. The van der Waals surface area contributed by atoms with Crippen molar-refractivity contribution < 1.29 is 15.0 Å². The molecular weight excluding hydrogens is 254 g/mol. The van der Waals surface area contributed by atoms with Crippen molar-refractivity contribution in [3.8, 4) is 0 Å². The predicted octanol–water partition coefficient (Wildman–Crippen LogP) is 3.06. The highest BCUT2D eigenvalue weighted by Gasteiger charge is 2.11. The van der Waals surface area contributed by atoms with Gasteiger partial charge in [-0.2, -0.15) is 0 Å². The van der Waals surface area contributed by atoms with E-state index in [9.17, 15) is 4.79 Å². The first-order valence-corrected chi connectivity index (χ1v) is 7.13. The third-order valence-electron chi connectivity index (χ3n) is 3.57. The molecule has 0 aliphatic heterocycles. The third kappa shape index (κ3) is 3.02. The van der Waals surface area contributed by atoms with E-state index in [1.807, 2.05) is 6.07 Å². The first-order valence-electron chi connectivity index (χ1n) is 7.13. The van der Waals surface area contributed by atoms with E-state index in [4.69, 9.17) is 10.2 Å². The number of carbonyl (C=O) groups is 1. The van der Waals surface area contributed by atoms with Gasteiger partial charge in [0.15, 0.2) is 0 Å². The molecular formula is C16H21NO3. The Balaban J connectivity index is 2.45. The fourth-order valence-electron chi connectivity index (χ4n) is 2.49. The number of aryl methyl sites for hydroxylation is 2. The summed E-state index contributed by atoms with van der Waals surface area (Å²) in [5.74, 6) is -0.902. The third-order valence-corrected chi connectivity index (χ3v) is 3.57. The Kier molecular flexibility index (Phi) is 4.79. The molecule has 2 rings (SSSR count). The summed E-state index contributed by atoms with van der Waals surface area (Å²) in [7, 11) is 0. The highest BCUT2D eigenvalue weighted by molar-refractivity contribution is 5.95. The maximum atomic E-state index is 11.1. The first kappa shape index (κ1) is 14.6. The van der Waals surface area contributed by atoms with Crippen LogP contribution in [0.2, 0.25) is 0 Å². The van der Waals surface area contributed by atoms with Gasteiger partial charge in [0.25, 0.3) is 0 Å². The standard InChI is InChI=1S/C16H21NO3/c1-2-3-8-17-11-13(5-4-9-18)14-10-12(16(19)20)6-7-15(14)17/h6-7,10-11,18H,2-5,8-9H2,1H3,(H,19,20). The summed E-state index contributed by atoms with van der Waals surface area (Å²) in [6.07, 6.45) is 5.80. The predicted molar refractivity (Wildman–Crippen MR) is 79.2 cm³/mol. The Morgan fingerprint density at radius 1 is 1.30 bits per heavy atom. The molecule has 0 atom stereocenters. The van der Waals surface area contributed by atoms with Crippen molar-refractivity contribution in [1.29, 1.82) is 0 Å². The van der Waals surface area contributed by atoms with E-state index < -0.39 is 5.97 Å². The molecule has 2 aromatic rings. The van der Waals surface area contributed by atoms with Crippen LogP contribution < -0.4 is 0 Å². The molecule has 4 heteroatoms. The molecule has 0 radical (unpaired) electrons. The number of hydrogen-bond donors (Lipinski definition) is 2. The van der Waals surface area contributed by atoms with Crippen molar-refractivity contribution in [3.05, 3.63) is 35.5 Å². The van der Waals surface area contributed by atoms with Crippen molar-refractivity contribution >= 4 is 16.9 Å². The number of aromatic nitrogens is 1. The van der Waals surface area contributed by atoms with Crippen molar-refractivity contribution in [3.63, 3.8) is 0 Å². The number of aliphatic hydroxyl groups is 1. The maximum absolute atomic E-state index is 11.1. The number of nitrogens with zero attached hydrogens (tertiary/aromatic N) is 1. The Morgan fingerprint density at radius 3 is 2.75 bits per heavy atom. The zero-order chi connectivity index (χ0) is 14.5. The number of rotatable bonds is 7. The van der Waals surface area contributed by atoms with Crippen molar-refractivity contribution in [2.75, 3.05) is 6.61 Å². The summed E-state index contributed by atoms with van der Waals surface area (Å²) < 4.78 is 2.19. The molecule has 1 aromatic heterocycles. The number of carboxylic acid groups (broad SMARTS) is 1. The number of carboxylic acids is 1. The molecule has 0 fully saturated rings. The van der Waals surface area contributed by atoms with Crippen LogP contribution in [0.5, 0.6) is 0 Å². The zero-order valence-corrected chi connectivity index (χ0v) is 11.8. The van der Waals surface area contributed by atoms with Gasteiger partial charge in [0.1, 0.15) is 0 Å². The highest BCUT2D eigenvalue weighted by atomic mass is 16.4. The van der Waals surface area contributed by atoms with Gasteiger partial charge in [-0.15, -0.1) is 0 Å². The monoisotopic (exact) mass is 275 g/mol. The number of unbranched alkanes of at least 4 members (excludes halogenated alkanes) is 1.